The Labute approximate surface area is 183 Å². The number of aliphatic imine (C=N–C) groups is 1. The highest BCUT2D eigenvalue weighted by molar-refractivity contribution is 6.29. The molecule has 2 amide bonds. The molecule has 0 bridgehead atoms. The van der Waals surface area contributed by atoms with E-state index >= 15 is 0 Å². The van der Waals surface area contributed by atoms with Crippen LogP contribution in [-0.4, -0.2) is 57.4 Å². The SMILES string of the molecule is Cc1ccc(N2C(=O)c3ccccc3[C@@H](C=NCCC[NH+]3CCOCC3)C2=O)c(C)c1. The van der Waals surface area contributed by atoms with Gasteiger partial charge in [0.2, 0.25) is 5.91 Å². The lowest BCUT2D eigenvalue weighted by Crippen LogP contribution is -3.14. The van der Waals surface area contributed by atoms with Crippen LogP contribution in [0.5, 0.6) is 0 Å². The van der Waals surface area contributed by atoms with Gasteiger partial charge in [-0.05, 0) is 37.1 Å². The summed E-state index contributed by atoms with van der Waals surface area (Å²) >= 11 is 0. The third-order valence-electron chi connectivity index (χ3n) is 6.08. The van der Waals surface area contributed by atoms with Gasteiger partial charge in [0.05, 0.1) is 31.4 Å². The zero-order valence-corrected chi connectivity index (χ0v) is 18.3. The molecule has 0 radical (unpaired) electrons. The molecule has 6 nitrogen and oxygen atoms in total. The second-order valence-corrected chi connectivity index (χ2v) is 8.35. The summed E-state index contributed by atoms with van der Waals surface area (Å²) in [6.07, 6.45) is 2.70. The number of nitrogens with one attached hydrogen (secondary N) is 1. The topological polar surface area (TPSA) is 63.4 Å². The number of hydrogen-bond donors (Lipinski definition) is 1. The Morgan fingerprint density at radius 2 is 1.90 bits per heavy atom. The normalized spacial score (nSPS) is 19.8. The summed E-state index contributed by atoms with van der Waals surface area (Å²) in [4.78, 5) is 34.1. The van der Waals surface area contributed by atoms with E-state index in [9.17, 15) is 9.59 Å². The van der Waals surface area contributed by atoms with Crippen LogP contribution in [-0.2, 0) is 9.53 Å². The zero-order valence-electron chi connectivity index (χ0n) is 18.3. The van der Waals surface area contributed by atoms with Gasteiger partial charge in [-0.25, -0.2) is 4.90 Å². The number of morpholine rings is 1. The lowest BCUT2D eigenvalue weighted by atomic mass is 9.88. The minimum atomic E-state index is -0.551. The van der Waals surface area contributed by atoms with Crippen LogP contribution in [0.25, 0.3) is 0 Å². The molecule has 2 aromatic rings. The molecular formula is C25H30N3O3+. The number of aryl methyl sites for hydroxylation is 2. The quantitative estimate of drug-likeness (QED) is 0.441. The largest absolute Gasteiger partial charge is 0.370 e. The van der Waals surface area contributed by atoms with Gasteiger partial charge < -0.3 is 9.64 Å². The highest BCUT2D eigenvalue weighted by Crippen LogP contribution is 2.33. The van der Waals surface area contributed by atoms with Crippen molar-refractivity contribution >= 4 is 23.7 Å². The molecule has 162 valence electrons. The predicted octanol–water partition coefficient (Wildman–Crippen LogP) is 1.95. The first-order valence-electron chi connectivity index (χ1n) is 11.0. The Morgan fingerprint density at radius 1 is 1.13 bits per heavy atom. The molecule has 0 saturated carbocycles. The number of nitrogens with zero attached hydrogens (tertiary/aromatic N) is 2. The maximum absolute atomic E-state index is 13.4. The standard InChI is InChI=1S/C25H29N3O3/c1-18-8-9-23(19(2)16-18)28-24(29)21-7-4-3-6-20(21)22(25(28)30)17-26-10-5-11-27-12-14-31-15-13-27/h3-4,6-9,16-17,22H,5,10-15H2,1-2H3/p+1/t22-/m1/s1. The van der Waals surface area contributed by atoms with E-state index in [2.05, 4.69) is 4.99 Å². The van der Waals surface area contributed by atoms with Gasteiger partial charge in [0.1, 0.15) is 13.1 Å². The molecular weight excluding hydrogens is 390 g/mol. The van der Waals surface area contributed by atoms with Crippen LogP contribution in [0.1, 0.15) is 39.4 Å². The first-order chi connectivity index (χ1) is 15.1. The van der Waals surface area contributed by atoms with Gasteiger partial charge in [-0.2, -0.15) is 0 Å². The summed E-state index contributed by atoms with van der Waals surface area (Å²) in [6, 6.07) is 13.1. The molecule has 2 heterocycles. The van der Waals surface area contributed by atoms with Crippen molar-refractivity contribution in [3.63, 3.8) is 0 Å². The van der Waals surface area contributed by atoms with Gasteiger partial charge in [0, 0.05) is 24.7 Å². The molecule has 2 aliphatic rings. The fourth-order valence-electron chi connectivity index (χ4n) is 4.39. The van der Waals surface area contributed by atoms with E-state index in [-0.39, 0.29) is 11.8 Å². The van der Waals surface area contributed by atoms with Gasteiger partial charge in [0.25, 0.3) is 5.91 Å². The van der Waals surface area contributed by atoms with Crippen LogP contribution in [0, 0.1) is 13.8 Å². The first-order valence-corrected chi connectivity index (χ1v) is 11.0. The number of amides is 2. The molecule has 0 unspecified atom stereocenters. The number of carbonyl (C=O) groups excluding carboxylic acids is 2. The molecule has 0 spiro atoms. The number of quaternary nitrogens is 1. The second-order valence-electron chi connectivity index (χ2n) is 8.35. The summed E-state index contributed by atoms with van der Waals surface area (Å²) in [7, 11) is 0. The maximum Gasteiger partial charge on any atom is 0.265 e. The number of hydrogen-bond acceptors (Lipinski definition) is 4. The van der Waals surface area contributed by atoms with E-state index in [1.165, 1.54) is 4.90 Å². The van der Waals surface area contributed by atoms with E-state index in [1.54, 1.807) is 17.2 Å². The van der Waals surface area contributed by atoms with Crippen molar-refractivity contribution in [2.75, 3.05) is 44.3 Å². The minimum Gasteiger partial charge on any atom is -0.370 e. The molecule has 0 aliphatic carbocycles. The molecule has 1 saturated heterocycles. The van der Waals surface area contributed by atoms with Crippen molar-refractivity contribution < 1.29 is 19.2 Å². The molecule has 1 N–H and O–H groups in total. The summed E-state index contributed by atoms with van der Waals surface area (Å²) in [5.41, 5.74) is 3.95. The van der Waals surface area contributed by atoms with Crippen molar-refractivity contribution in [1.82, 2.24) is 0 Å². The molecule has 31 heavy (non-hydrogen) atoms. The molecule has 6 heteroatoms. The smallest absolute Gasteiger partial charge is 0.265 e. The van der Waals surface area contributed by atoms with Gasteiger partial charge in [-0.1, -0.05) is 35.9 Å². The average Bonchev–Trinajstić information content (AvgIpc) is 2.78. The van der Waals surface area contributed by atoms with E-state index in [0.29, 0.717) is 17.8 Å². The minimum absolute atomic E-state index is 0.238. The molecule has 4 rings (SSSR count). The summed E-state index contributed by atoms with van der Waals surface area (Å²) in [5, 5.41) is 0. The fourth-order valence-corrected chi connectivity index (χ4v) is 4.39. The Hall–Kier alpha value is -2.83. The van der Waals surface area contributed by atoms with Gasteiger partial charge in [-0.15, -0.1) is 0 Å². The summed E-state index contributed by atoms with van der Waals surface area (Å²) < 4.78 is 5.40. The fraction of sp³-hybridized carbons (Fsp3) is 0.400. The van der Waals surface area contributed by atoms with Gasteiger partial charge in [-0.3, -0.25) is 14.6 Å². The van der Waals surface area contributed by atoms with Crippen molar-refractivity contribution in [2.45, 2.75) is 26.2 Å². The number of imide groups is 1. The Bertz CT molecular complexity index is 995. The predicted molar refractivity (Wildman–Crippen MR) is 121 cm³/mol. The maximum atomic E-state index is 13.4. The van der Waals surface area contributed by atoms with E-state index < -0.39 is 5.92 Å². The van der Waals surface area contributed by atoms with Crippen LogP contribution in [0.15, 0.2) is 47.5 Å². The van der Waals surface area contributed by atoms with Crippen molar-refractivity contribution in [3.8, 4) is 0 Å². The zero-order chi connectivity index (χ0) is 21.8. The van der Waals surface area contributed by atoms with E-state index in [1.807, 2.05) is 50.2 Å². The molecule has 2 aliphatic heterocycles. The Kier molecular flexibility index (Phi) is 6.59. The van der Waals surface area contributed by atoms with Crippen molar-refractivity contribution in [2.24, 2.45) is 4.99 Å². The molecule has 1 atom stereocenters. The van der Waals surface area contributed by atoms with Crippen molar-refractivity contribution in [1.29, 1.82) is 0 Å². The molecule has 2 aromatic carbocycles. The average molecular weight is 421 g/mol. The van der Waals surface area contributed by atoms with Crippen LogP contribution in [0.2, 0.25) is 0 Å². The highest BCUT2D eigenvalue weighted by Gasteiger charge is 2.39. The van der Waals surface area contributed by atoms with Crippen LogP contribution in [0.4, 0.5) is 5.69 Å². The van der Waals surface area contributed by atoms with Crippen molar-refractivity contribution in [3.05, 3.63) is 64.7 Å². The summed E-state index contributed by atoms with van der Waals surface area (Å²) in [5.74, 6) is -1.06. The molecule has 0 aromatic heterocycles. The number of carbonyl (C=O) groups is 2. The number of benzene rings is 2. The third-order valence-corrected chi connectivity index (χ3v) is 6.08. The third kappa shape index (κ3) is 4.60. The Balaban J connectivity index is 1.54. The monoisotopic (exact) mass is 420 g/mol. The van der Waals surface area contributed by atoms with Crippen LogP contribution in [0.3, 0.4) is 0 Å². The first kappa shape index (κ1) is 21.4. The van der Waals surface area contributed by atoms with E-state index in [4.69, 9.17) is 4.74 Å². The van der Waals surface area contributed by atoms with Crippen LogP contribution >= 0.6 is 0 Å². The lowest BCUT2D eigenvalue weighted by Gasteiger charge is -2.32. The number of rotatable bonds is 6. The highest BCUT2D eigenvalue weighted by atomic mass is 16.5. The second kappa shape index (κ2) is 9.54. The summed E-state index contributed by atoms with van der Waals surface area (Å²) in [6.45, 7) is 9.41. The molecule has 1 fully saturated rings. The van der Waals surface area contributed by atoms with Gasteiger partial charge in [0.15, 0.2) is 0 Å². The lowest BCUT2D eigenvalue weighted by molar-refractivity contribution is -0.908. The number of ether oxygens (including phenoxy) is 1. The Morgan fingerprint density at radius 3 is 2.68 bits per heavy atom. The number of fused-ring (bicyclic) bond motifs is 1. The van der Waals surface area contributed by atoms with Crippen LogP contribution < -0.4 is 9.80 Å². The van der Waals surface area contributed by atoms with E-state index in [0.717, 1.165) is 56.0 Å². The van der Waals surface area contributed by atoms with Gasteiger partial charge >= 0.3 is 0 Å². The number of anilines is 1.